The molecule has 4 nitrogen and oxygen atoms in total. The molecule has 96 valence electrons. The van der Waals surface area contributed by atoms with Gasteiger partial charge in [-0.05, 0) is 24.3 Å². The lowest BCUT2D eigenvalue weighted by atomic mass is 10.2. The summed E-state index contributed by atoms with van der Waals surface area (Å²) in [5.74, 6) is -0.147. The van der Waals surface area contributed by atoms with Crippen LogP contribution in [0.2, 0.25) is 0 Å². The van der Waals surface area contributed by atoms with E-state index in [9.17, 15) is 4.79 Å². The minimum absolute atomic E-state index is 0.147. The first-order valence-corrected chi connectivity index (χ1v) is 6.24. The van der Waals surface area contributed by atoms with E-state index in [1.165, 1.54) is 0 Å². The molecule has 0 saturated heterocycles. The first-order chi connectivity index (χ1) is 9.25. The summed E-state index contributed by atoms with van der Waals surface area (Å²) in [6.07, 6.45) is 0. The molecule has 0 saturated carbocycles. The lowest BCUT2D eigenvalue weighted by Crippen LogP contribution is -2.41. The molecule has 3 N–H and O–H groups in total. The van der Waals surface area contributed by atoms with Gasteiger partial charge in [-0.1, -0.05) is 30.3 Å². The third-order valence-electron chi connectivity index (χ3n) is 3.24. The van der Waals surface area contributed by atoms with E-state index in [4.69, 9.17) is 5.73 Å². The van der Waals surface area contributed by atoms with E-state index in [0.29, 0.717) is 6.54 Å². The lowest BCUT2D eigenvalue weighted by Gasteiger charge is -2.25. The molecule has 0 fully saturated rings. The van der Waals surface area contributed by atoms with Crippen molar-refractivity contribution in [2.45, 2.75) is 6.04 Å². The molecule has 1 amide bonds. The highest BCUT2D eigenvalue weighted by molar-refractivity contribution is 6.00. The van der Waals surface area contributed by atoms with E-state index in [1.807, 2.05) is 54.6 Å². The monoisotopic (exact) mass is 253 g/mol. The maximum absolute atomic E-state index is 11.9. The van der Waals surface area contributed by atoms with E-state index in [0.717, 1.165) is 17.1 Å². The van der Waals surface area contributed by atoms with Gasteiger partial charge >= 0.3 is 0 Å². The molecule has 1 atom stereocenters. The fraction of sp³-hybridized carbons (Fsp3) is 0.133. The zero-order chi connectivity index (χ0) is 13.2. The van der Waals surface area contributed by atoms with E-state index in [2.05, 4.69) is 10.2 Å². The van der Waals surface area contributed by atoms with Crippen LogP contribution in [0.25, 0.3) is 0 Å². The smallest absolute Gasteiger partial charge is 0.243 e. The fourth-order valence-corrected chi connectivity index (χ4v) is 2.27. The van der Waals surface area contributed by atoms with Gasteiger partial charge in [-0.3, -0.25) is 4.79 Å². The van der Waals surface area contributed by atoms with Crippen LogP contribution in [0.3, 0.4) is 0 Å². The SMILES string of the molecule is NC1CN(c2ccccc2)c2ccccc2NC1=O. The van der Waals surface area contributed by atoms with E-state index >= 15 is 0 Å². The number of fused-ring (bicyclic) bond motifs is 1. The summed E-state index contributed by atoms with van der Waals surface area (Å²) in [4.78, 5) is 14.0. The molecule has 0 aliphatic carbocycles. The number of para-hydroxylation sites is 3. The summed E-state index contributed by atoms with van der Waals surface area (Å²) in [7, 11) is 0. The van der Waals surface area contributed by atoms with Crippen molar-refractivity contribution >= 4 is 23.0 Å². The van der Waals surface area contributed by atoms with Crippen LogP contribution in [-0.4, -0.2) is 18.5 Å². The van der Waals surface area contributed by atoms with Crippen molar-refractivity contribution < 1.29 is 4.79 Å². The summed E-state index contributed by atoms with van der Waals surface area (Å²) in [6.45, 7) is 0.465. The van der Waals surface area contributed by atoms with Gasteiger partial charge in [0.25, 0.3) is 0 Å². The Morgan fingerprint density at radius 2 is 1.74 bits per heavy atom. The Kier molecular flexibility index (Phi) is 2.93. The Hall–Kier alpha value is -2.33. The Morgan fingerprint density at radius 3 is 2.53 bits per heavy atom. The zero-order valence-electron chi connectivity index (χ0n) is 10.4. The third-order valence-corrected chi connectivity index (χ3v) is 3.24. The number of anilines is 3. The number of carbonyl (C=O) groups is 1. The highest BCUT2D eigenvalue weighted by Gasteiger charge is 2.25. The molecule has 1 aliphatic rings. The maximum atomic E-state index is 11.9. The average Bonchev–Trinajstić information content (AvgIpc) is 2.58. The number of nitrogens with two attached hydrogens (primary N) is 1. The van der Waals surface area contributed by atoms with Gasteiger partial charge in [0.15, 0.2) is 0 Å². The standard InChI is InChI=1S/C15H15N3O/c16-12-10-18(11-6-2-1-3-7-11)14-9-5-4-8-13(14)17-15(12)19/h1-9,12H,10,16H2,(H,17,19). The van der Waals surface area contributed by atoms with E-state index < -0.39 is 6.04 Å². The normalized spacial score (nSPS) is 18.5. The second-order valence-electron chi connectivity index (χ2n) is 4.56. The molecular formula is C15H15N3O. The molecule has 1 aliphatic heterocycles. The molecule has 1 unspecified atom stereocenters. The molecule has 2 aromatic rings. The molecule has 0 aromatic heterocycles. The van der Waals surface area contributed by atoms with Crippen molar-refractivity contribution in [2.75, 3.05) is 16.8 Å². The Morgan fingerprint density at radius 1 is 1.05 bits per heavy atom. The molecular weight excluding hydrogens is 238 g/mol. The minimum Gasteiger partial charge on any atom is -0.338 e. The Bertz CT molecular complexity index is 597. The fourth-order valence-electron chi connectivity index (χ4n) is 2.27. The highest BCUT2D eigenvalue weighted by atomic mass is 16.2. The maximum Gasteiger partial charge on any atom is 0.243 e. The predicted molar refractivity (Wildman–Crippen MR) is 76.5 cm³/mol. The second kappa shape index (κ2) is 4.74. The minimum atomic E-state index is -0.549. The van der Waals surface area contributed by atoms with E-state index in [-0.39, 0.29) is 5.91 Å². The van der Waals surface area contributed by atoms with E-state index in [1.54, 1.807) is 0 Å². The van der Waals surface area contributed by atoms with Gasteiger partial charge in [0, 0.05) is 12.2 Å². The van der Waals surface area contributed by atoms with Crippen molar-refractivity contribution in [1.29, 1.82) is 0 Å². The molecule has 0 bridgehead atoms. The van der Waals surface area contributed by atoms with Gasteiger partial charge in [0.1, 0.15) is 6.04 Å². The number of carbonyl (C=O) groups excluding carboxylic acids is 1. The average molecular weight is 253 g/mol. The molecule has 19 heavy (non-hydrogen) atoms. The van der Waals surface area contributed by atoms with Crippen molar-refractivity contribution in [1.82, 2.24) is 0 Å². The number of nitrogens with one attached hydrogen (secondary N) is 1. The number of amides is 1. The summed E-state index contributed by atoms with van der Waals surface area (Å²) in [5, 5.41) is 2.87. The molecule has 2 aromatic carbocycles. The number of nitrogens with zero attached hydrogens (tertiary/aromatic N) is 1. The molecule has 4 heteroatoms. The summed E-state index contributed by atoms with van der Waals surface area (Å²) in [5.41, 5.74) is 8.72. The third kappa shape index (κ3) is 2.18. The second-order valence-corrected chi connectivity index (χ2v) is 4.56. The quantitative estimate of drug-likeness (QED) is 0.818. The number of benzene rings is 2. The Balaban J connectivity index is 2.10. The van der Waals surface area contributed by atoms with Crippen molar-refractivity contribution in [3.8, 4) is 0 Å². The van der Waals surface area contributed by atoms with Crippen LogP contribution >= 0.6 is 0 Å². The lowest BCUT2D eigenvalue weighted by molar-refractivity contribution is -0.117. The number of hydrogen-bond donors (Lipinski definition) is 2. The van der Waals surface area contributed by atoms with Gasteiger partial charge in [-0.2, -0.15) is 0 Å². The highest BCUT2D eigenvalue weighted by Crippen LogP contribution is 2.33. The summed E-state index contributed by atoms with van der Waals surface area (Å²) >= 11 is 0. The van der Waals surface area contributed by atoms with Crippen LogP contribution < -0.4 is 16.0 Å². The van der Waals surface area contributed by atoms with Crippen LogP contribution in [0.5, 0.6) is 0 Å². The van der Waals surface area contributed by atoms with Crippen LogP contribution in [0.1, 0.15) is 0 Å². The molecule has 0 radical (unpaired) electrons. The topological polar surface area (TPSA) is 58.4 Å². The first kappa shape index (κ1) is 11.7. The van der Waals surface area contributed by atoms with Gasteiger partial charge in [0.2, 0.25) is 5.91 Å². The molecule has 0 spiro atoms. The van der Waals surface area contributed by atoms with Gasteiger partial charge in [-0.25, -0.2) is 0 Å². The van der Waals surface area contributed by atoms with Crippen LogP contribution in [0, 0.1) is 0 Å². The molecule has 3 rings (SSSR count). The first-order valence-electron chi connectivity index (χ1n) is 6.24. The zero-order valence-corrected chi connectivity index (χ0v) is 10.4. The largest absolute Gasteiger partial charge is 0.338 e. The Labute approximate surface area is 111 Å². The van der Waals surface area contributed by atoms with Crippen LogP contribution in [-0.2, 0) is 4.79 Å². The summed E-state index contributed by atoms with van der Waals surface area (Å²) in [6, 6.07) is 17.1. The van der Waals surface area contributed by atoms with Crippen molar-refractivity contribution in [3.63, 3.8) is 0 Å². The van der Waals surface area contributed by atoms with Crippen LogP contribution in [0.15, 0.2) is 54.6 Å². The van der Waals surface area contributed by atoms with Gasteiger partial charge < -0.3 is 16.0 Å². The number of rotatable bonds is 1. The predicted octanol–water partition coefficient (Wildman–Crippen LogP) is 2.10. The number of hydrogen-bond acceptors (Lipinski definition) is 3. The van der Waals surface area contributed by atoms with Crippen molar-refractivity contribution in [2.24, 2.45) is 5.73 Å². The van der Waals surface area contributed by atoms with Gasteiger partial charge in [-0.15, -0.1) is 0 Å². The van der Waals surface area contributed by atoms with Gasteiger partial charge in [0.05, 0.1) is 11.4 Å². The van der Waals surface area contributed by atoms with Crippen LogP contribution in [0.4, 0.5) is 17.1 Å². The van der Waals surface area contributed by atoms with Crippen molar-refractivity contribution in [3.05, 3.63) is 54.6 Å². The molecule has 1 heterocycles. The summed E-state index contributed by atoms with van der Waals surface area (Å²) < 4.78 is 0.